The minimum atomic E-state index is 0.462. The van der Waals surface area contributed by atoms with E-state index in [1.165, 1.54) is 6.33 Å². The average Bonchev–Trinajstić information content (AvgIpc) is 3.13. The Kier molecular flexibility index (Phi) is 4.67. The molecule has 0 unspecified atom stereocenters. The summed E-state index contributed by atoms with van der Waals surface area (Å²) in [6.07, 6.45) is 3.06. The Morgan fingerprint density at radius 1 is 1.00 bits per heavy atom. The van der Waals surface area contributed by atoms with Crippen LogP contribution in [0.3, 0.4) is 0 Å². The first-order valence-electron chi connectivity index (χ1n) is 8.46. The van der Waals surface area contributed by atoms with E-state index in [0.717, 1.165) is 16.5 Å². The summed E-state index contributed by atoms with van der Waals surface area (Å²) < 4.78 is 22.0. The van der Waals surface area contributed by atoms with Crippen LogP contribution in [0.4, 0.5) is 5.82 Å². The van der Waals surface area contributed by atoms with E-state index in [4.69, 9.17) is 18.6 Å². The second-order valence-corrected chi connectivity index (χ2v) is 5.81. The fraction of sp³-hybridized carbons (Fsp3) is 0.150. The topological polar surface area (TPSA) is 91.0 Å². The lowest BCUT2D eigenvalue weighted by atomic mass is 10.2. The van der Waals surface area contributed by atoms with Crippen molar-refractivity contribution < 1.29 is 18.6 Å². The van der Waals surface area contributed by atoms with Crippen LogP contribution in [0.5, 0.6) is 17.2 Å². The van der Waals surface area contributed by atoms with E-state index < -0.39 is 0 Å². The Bertz CT molecular complexity index is 1140. The van der Waals surface area contributed by atoms with E-state index in [2.05, 4.69) is 20.5 Å². The van der Waals surface area contributed by atoms with Crippen molar-refractivity contribution in [3.8, 4) is 17.2 Å². The third kappa shape index (κ3) is 3.05. The van der Waals surface area contributed by atoms with Crippen molar-refractivity contribution in [2.45, 2.75) is 0 Å². The molecule has 0 saturated carbocycles. The Hall–Kier alpha value is -3.81. The van der Waals surface area contributed by atoms with Gasteiger partial charge in [0, 0.05) is 17.5 Å². The second-order valence-electron chi connectivity index (χ2n) is 5.81. The molecule has 8 nitrogen and oxygen atoms in total. The molecule has 142 valence electrons. The summed E-state index contributed by atoms with van der Waals surface area (Å²) in [5.41, 5.74) is 5.57. The highest BCUT2D eigenvalue weighted by Crippen LogP contribution is 2.33. The largest absolute Gasteiger partial charge is 0.496 e. The van der Waals surface area contributed by atoms with Gasteiger partial charge in [0.25, 0.3) is 0 Å². The highest BCUT2D eigenvalue weighted by atomic mass is 16.5. The Morgan fingerprint density at radius 3 is 2.46 bits per heavy atom. The normalized spacial score (nSPS) is 11.2. The lowest BCUT2D eigenvalue weighted by Crippen LogP contribution is -2.00. The standard InChI is InChI=1S/C20H18N4O4/c1-25-12-8-16(26-2)14(17(9-12)27-3)10-23-24-20-19-18(21-11-22-20)13-6-4-5-7-15(13)28-19/h4-11H,1-3H3,(H,21,22,24)/b23-10-. The number of hydrazone groups is 1. The van der Waals surface area contributed by atoms with Crippen LogP contribution in [0.15, 0.2) is 52.2 Å². The molecule has 0 atom stereocenters. The highest BCUT2D eigenvalue weighted by molar-refractivity contribution is 6.05. The minimum absolute atomic E-state index is 0.462. The van der Waals surface area contributed by atoms with Crippen molar-refractivity contribution in [1.82, 2.24) is 9.97 Å². The van der Waals surface area contributed by atoms with E-state index in [1.54, 1.807) is 39.7 Å². The predicted octanol–water partition coefficient (Wildman–Crippen LogP) is 3.85. The summed E-state index contributed by atoms with van der Waals surface area (Å²) in [4.78, 5) is 8.55. The van der Waals surface area contributed by atoms with E-state index >= 15 is 0 Å². The van der Waals surface area contributed by atoms with Gasteiger partial charge in [0.2, 0.25) is 0 Å². The van der Waals surface area contributed by atoms with E-state index in [1.807, 2.05) is 24.3 Å². The van der Waals surface area contributed by atoms with Crippen LogP contribution < -0.4 is 19.6 Å². The number of nitrogens with zero attached hydrogens (tertiary/aromatic N) is 3. The fourth-order valence-corrected chi connectivity index (χ4v) is 2.92. The molecule has 0 bridgehead atoms. The number of methoxy groups -OCH3 is 3. The molecule has 2 aromatic heterocycles. The Labute approximate surface area is 160 Å². The van der Waals surface area contributed by atoms with Crippen LogP contribution in [0.1, 0.15) is 5.56 Å². The van der Waals surface area contributed by atoms with Gasteiger partial charge in [-0.05, 0) is 12.1 Å². The molecule has 4 aromatic rings. The smallest absolute Gasteiger partial charge is 0.197 e. The SMILES string of the molecule is COc1cc(OC)c(/C=N\Nc2ncnc3c2oc2ccccc23)c(OC)c1. The summed E-state index contributed by atoms with van der Waals surface area (Å²) in [5.74, 6) is 2.22. The van der Waals surface area contributed by atoms with Gasteiger partial charge in [-0.15, -0.1) is 0 Å². The van der Waals surface area contributed by atoms with Gasteiger partial charge in [-0.25, -0.2) is 9.97 Å². The van der Waals surface area contributed by atoms with Gasteiger partial charge >= 0.3 is 0 Å². The van der Waals surface area contributed by atoms with Gasteiger partial charge < -0.3 is 18.6 Å². The molecule has 0 aliphatic heterocycles. The molecule has 0 fully saturated rings. The fourth-order valence-electron chi connectivity index (χ4n) is 2.92. The maximum absolute atomic E-state index is 5.88. The molecule has 0 radical (unpaired) electrons. The van der Waals surface area contributed by atoms with Gasteiger partial charge in [0.15, 0.2) is 11.4 Å². The number of aromatic nitrogens is 2. The number of ether oxygens (including phenoxy) is 3. The zero-order valence-electron chi connectivity index (χ0n) is 15.6. The molecule has 0 aliphatic rings. The molecule has 2 heterocycles. The Morgan fingerprint density at radius 2 is 1.75 bits per heavy atom. The van der Waals surface area contributed by atoms with E-state index in [9.17, 15) is 0 Å². The summed E-state index contributed by atoms with van der Waals surface area (Å²) in [7, 11) is 4.72. The summed E-state index contributed by atoms with van der Waals surface area (Å²) in [5, 5.41) is 5.20. The summed E-state index contributed by atoms with van der Waals surface area (Å²) in [6.45, 7) is 0. The molecule has 28 heavy (non-hydrogen) atoms. The number of hydrogen-bond donors (Lipinski definition) is 1. The molecule has 8 heteroatoms. The number of anilines is 1. The second kappa shape index (κ2) is 7.43. The lowest BCUT2D eigenvalue weighted by Gasteiger charge is -2.12. The average molecular weight is 378 g/mol. The first kappa shape index (κ1) is 17.6. The van der Waals surface area contributed by atoms with Crippen LogP contribution in [0.25, 0.3) is 22.1 Å². The third-order valence-electron chi connectivity index (χ3n) is 4.28. The van der Waals surface area contributed by atoms with Gasteiger partial charge in [0.1, 0.15) is 34.7 Å². The van der Waals surface area contributed by atoms with E-state index in [-0.39, 0.29) is 0 Å². The van der Waals surface area contributed by atoms with Gasteiger partial charge in [-0.2, -0.15) is 5.10 Å². The quantitative estimate of drug-likeness (QED) is 0.402. The molecule has 0 saturated heterocycles. The lowest BCUT2D eigenvalue weighted by molar-refractivity contribution is 0.374. The molecule has 2 aromatic carbocycles. The number of benzene rings is 2. The maximum Gasteiger partial charge on any atom is 0.197 e. The third-order valence-corrected chi connectivity index (χ3v) is 4.28. The minimum Gasteiger partial charge on any atom is -0.496 e. The predicted molar refractivity (Wildman–Crippen MR) is 107 cm³/mol. The molecular weight excluding hydrogens is 360 g/mol. The van der Waals surface area contributed by atoms with Crippen molar-refractivity contribution in [3.05, 3.63) is 48.3 Å². The number of rotatable bonds is 6. The highest BCUT2D eigenvalue weighted by Gasteiger charge is 2.13. The number of para-hydroxylation sites is 1. The van der Waals surface area contributed by atoms with Crippen molar-refractivity contribution in [1.29, 1.82) is 0 Å². The van der Waals surface area contributed by atoms with Gasteiger partial charge in [-0.3, -0.25) is 5.43 Å². The van der Waals surface area contributed by atoms with Crippen molar-refractivity contribution in [2.24, 2.45) is 5.10 Å². The first-order valence-corrected chi connectivity index (χ1v) is 8.46. The van der Waals surface area contributed by atoms with Crippen LogP contribution in [0.2, 0.25) is 0 Å². The number of furan rings is 1. The Balaban J connectivity index is 1.69. The summed E-state index contributed by atoms with van der Waals surface area (Å²) >= 11 is 0. The van der Waals surface area contributed by atoms with Crippen molar-refractivity contribution in [3.63, 3.8) is 0 Å². The zero-order valence-corrected chi connectivity index (χ0v) is 15.6. The monoisotopic (exact) mass is 378 g/mol. The van der Waals surface area contributed by atoms with E-state index in [0.29, 0.717) is 34.2 Å². The van der Waals surface area contributed by atoms with Gasteiger partial charge in [-0.1, -0.05) is 12.1 Å². The van der Waals surface area contributed by atoms with Crippen LogP contribution in [-0.4, -0.2) is 37.5 Å². The molecule has 4 rings (SSSR count). The van der Waals surface area contributed by atoms with Crippen LogP contribution in [0, 0.1) is 0 Å². The molecule has 0 aliphatic carbocycles. The molecule has 0 spiro atoms. The van der Waals surface area contributed by atoms with Crippen LogP contribution in [-0.2, 0) is 0 Å². The number of hydrogen-bond acceptors (Lipinski definition) is 8. The molecule has 1 N–H and O–H groups in total. The molecule has 0 amide bonds. The number of fused-ring (bicyclic) bond motifs is 3. The molecular formula is C20H18N4O4. The number of nitrogens with one attached hydrogen (secondary N) is 1. The zero-order chi connectivity index (χ0) is 19.5. The van der Waals surface area contributed by atoms with Crippen molar-refractivity contribution >= 4 is 34.1 Å². The maximum atomic E-state index is 5.88. The van der Waals surface area contributed by atoms with Gasteiger partial charge in [0.05, 0.1) is 33.1 Å². The van der Waals surface area contributed by atoms with Crippen LogP contribution >= 0.6 is 0 Å². The first-order chi connectivity index (χ1) is 13.7. The summed E-state index contributed by atoms with van der Waals surface area (Å²) in [6, 6.07) is 11.2. The van der Waals surface area contributed by atoms with Crippen molar-refractivity contribution in [2.75, 3.05) is 26.8 Å².